The zero-order valence-corrected chi connectivity index (χ0v) is 18.0. The third kappa shape index (κ3) is 3.70. The minimum atomic E-state index is -0.205. The number of carbonyl (C=O) groups is 1. The van der Waals surface area contributed by atoms with Crippen LogP contribution in [0.5, 0.6) is 5.75 Å². The van der Waals surface area contributed by atoms with Gasteiger partial charge in [0.25, 0.3) is 0 Å². The Balaban J connectivity index is 1.43. The minimum Gasteiger partial charge on any atom is -0.496 e. The van der Waals surface area contributed by atoms with E-state index in [1.54, 1.807) is 13.2 Å². The van der Waals surface area contributed by atoms with Crippen molar-refractivity contribution in [3.05, 3.63) is 88.2 Å². The van der Waals surface area contributed by atoms with Gasteiger partial charge in [-0.05, 0) is 65.3 Å². The molecule has 0 unspecified atom stereocenters. The average Bonchev–Trinajstić information content (AvgIpc) is 3.60. The van der Waals surface area contributed by atoms with Gasteiger partial charge in [0, 0.05) is 29.6 Å². The molecule has 3 nitrogen and oxygen atoms in total. The van der Waals surface area contributed by atoms with Crippen LogP contribution in [0.25, 0.3) is 11.1 Å². The zero-order valence-electron chi connectivity index (χ0n) is 17.3. The lowest BCUT2D eigenvalue weighted by molar-refractivity contribution is -0.133. The van der Waals surface area contributed by atoms with E-state index < -0.39 is 0 Å². The van der Waals surface area contributed by atoms with Gasteiger partial charge in [0.05, 0.1) is 7.11 Å². The van der Waals surface area contributed by atoms with E-state index in [4.69, 9.17) is 16.3 Å². The van der Waals surface area contributed by atoms with Crippen molar-refractivity contribution >= 4 is 17.5 Å². The topological polar surface area (TPSA) is 29.5 Å². The molecule has 5 rings (SSSR count). The molecular weight excluding hydrogens is 413 g/mol. The fourth-order valence-electron chi connectivity index (χ4n) is 4.75. The van der Waals surface area contributed by atoms with Crippen LogP contribution in [0.3, 0.4) is 0 Å². The number of fused-ring (bicyclic) bond motifs is 1. The summed E-state index contributed by atoms with van der Waals surface area (Å²) in [6.07, 6.45) is 1.36. The third-order valence-corrected chi connectivity index (χ3v) is 6.68. The molecule has 1 heterocycles. The largest absolute Gasteiger partial charge is 0.496 e. The molecule has 3 aromatic rings. The molecule has 158 valence electrons. The van der Waals surface area contributed by atoms with Crippen molar-refractivity contribution in [2.45, 2.75) is 25.3 Å². The summed E-state index contributed by atoms with van der Waals surface area (Å²) in [6.45, 7) is 0.953. The number of amides is 1. The van der Waals surface area contributed by atoms with Gasteiger partial charge < -0.3 is 9.64 Å². The molecular formula is C26H23ClFNO2. The van der Waals surface area contributed by atoms with E-state index in [1.165, 1.54) is 6.07 Å². The number of para-hydroxylation sites is 1. The molecule has 1 fully saturated rings. The Morgan fingerprint density at radius 2 is 1.90 bits per heavy atom. The first kappa shape index (κ1) is 20.1. The summed E-state index contributed by atoms with van der Waals surface area (Å²) in [6, 6.07) is 18.8. The molecule has 0 bridgehead atoms. The minimum absolute atomic E-state index is 0.0247. The third-order valence-electron chi connectivity index (χ3n) is 6.45. The Kier molecular flexibility index (Phi) is 5.19. The number of halogens is 2. The summed E-state index contributed by atoms with van der Waals surface area (Å²) in [7, 11) is 1.63. The van der Waals surface area contributed by atoms with Crippen LogP contribution in [0.2, 0.25) is 5.02 Å². The Hall–Kier alpha value is -2.85. The fraction of sp³-hybridized carbons (Fsp3) is 0.269. The van der Waals surface area contributed by atoms with Crippen LogP contribution in [-0.2, 0) is 17.8 Å². The molecule has 0 saturated heterocycles. The molecule has 2 aliphatic rings. The fourth-order valence-corrected chi connectivity index (χ4v) is 4.95. The Labute approximate surface area is 186 Å². The summed E-state index contributed by atoms with van der Waals surface area (Å²) in [5, 5.41) is 0.694. The van der Waals surface area contributed by atoms with Gasteiger partial charge in [-0.2, -0.15) is 0 Å². The van der Waals surface area contributed by atoms with E-state index in [-0.39, 0.29) is 23.6 Å². The van der Waals surface area contributed by atoms with E-state index >= 15 is 0 Å². The molecule has 0 radical (unpaired) electrons. The summed E-state index contributed by atoms with van der Waals surface area (Å²) in [5.41, 5.74) is 4.54. The normalized spacial score (nSPS) is 19.6. The highest BCUT2D eigenvalue weighted by Crippen LogP contribution is 2.49. The van der Waals surface area contributed by atoms with Crippen LogP contribution in [0, 0.1) is 11.7 Å². The van der Waals surface area contributed by atoms with Crippen LogP contribution in [0.15, 0.2) is 60.7 Å². The maximum absolute atomic E-state index is 14.6. The molecule has 1 saturated carbocycles. The lowest BCUT2D eigenvalue weighted by Crippen LogP contribution is -2.37. The number of carbonyl (C=O) groups excluding carboxylic acids is 1. The molecule has 0 spiro atoms. The first-order valence-corrected chi connectivity index (χ1v) is 10.9. The van der Waals surface area contributed by atoms with Crippen molar-refractivity contribution in [3.63, 3.8) is 0 Å². The Morgan fingerprint density at radius 1 is 1.06 bits per heavy atom. The van der Waals surface area contributed by atoms with E-state index in [1.807, 2.05) is 53.4 Å². The standard InChI is InChI=1S/C26H23ClFNO2/c1-31-25-8-3-2-7-20(25)18-9-10-24(28)19-11-12-29(15-23(18)19)26(30)22-14-21(22)16-5-4-6-17(27)13-16/h2-10,13,21-22H,11-12,14-15H2,1H3/t21-,22+/m0/s1. The van der Waals surface area contributed by atoms with Crippen LogP contribution in [0.4, 0.5) is 4.39 Å². The lowest BCUT2D eigenvalue weighted by Gasteiger charge is -2.31. The zero-order chi connectivity index (χ0) is 21.5. The van der Waals surface area contributed by atoms with Crippen molar-refractivity contribution in [1.29, 1.82) is 0 Å². The second kappa shape index (κ2) is 8.01. The van der Waals surface area contributed by atoms with E-state index in [0.29, 0.717) is 30.1 Å². The predicted octanol–water partition coefficient (Wildman–Crippen LogP) is 5.84. The number of hydrogen-bond donors (Lipinski definition) is 0. The maximum atomic E-state index is 14.6. The first-order valence-electron chi connectivity index (χ1n) is 10.5. The van der Waals surface area contributed by atoms with Crippen molar-refractivity contribution in [3.8, 4) is 16.9 Å². The Bertz CT molecular complexity index is 1160. The highest BCUT2D eigenvalue weighted by molar-refractivity contribution is 6.30. The number of nitrogens with zero attached hydrogens (tertiary/aromatic N) is 1. The van der Waals surface area contributed by atoms with Crippen LogP contribution in [0.1, 0.15) is 29.0 Å². The smallest absolute Gasteiger partial charge is 0.226 e. The molecule has 0 aromatic heterocycles. The SMILES string of the molecule is COc1ccccc1-c1ccc(F)c2c1CN(C(=O)[C@@H]1C[C@H]1c1cccc(Cl)c1)CC2. The van der Waals surface area contributed by atoms with Crippen LogP contribution >= 0.6 is 11.6 Å². The van der Waals surface area contributed by atoms with Crippen molar-refractivity contribution in [2.75, 3.05) is 13.7 Å². The highest BCUT2D eigenvalue weighted by atomic mass is 35.5. The van der Waals surface area contributed by atoms with Crippen molar-refractivity contribution in [2.24, 2.45) is 5.92 Å². The number of ether oxygens (including phenoxy) is 1. The Morgan fingerprint density at radius 3 is 2.71 bits per heavy atom. The monoisotopic (exact) mass is 435 g/mol. The van der Waals surface area contributed by atoms with Gasteiger partial charge in [-0.25, -0.2) is 4.39 Å². The van der Waals surface area contributed by atoms with E-state index in [0.717, 1.165) is 34.4 Å². The lowest BCUT2D eigenvalue weighted by atomic mass is 9.90. The van der Waals surface area contributed by atoms with Gasteiger partial charge in [-0.15, -0.1) is 0 Å². The molecule has 3 aromatic carbocycles. The van der Waals surface area contributed by atoms with Crippen LogP contribution in [-0.4, -0.2) is 24.5 Å². The number of hydrogen-bond acceptors (Lipinski definition) is 2. The quantitative estimate of drug-likeness (QED) is 0.515. The second-order valence-corrected chi connectivity index (χ2v) is 8.70. The summed E-state index contributed by atoms with van der Waals surface area (Å²) >= 11 is 6.12. The molecule has 5 heteroatoms. The average molecular weight is 436 g/mol. The molecule has 1 amide bonds. The first-order chi connectivity index (χ1) is 15.1. The van der Waals surface area contributed by atoms with Crippen LogP contribution < -0.4 is 4.74 Å². The number of benzene rings is 3. The number of rotatable bonds is 4. The maximum Gasteiger partial charge on any atom is 0.226 e. The highest BCUT2D eigenvalue weighted by Gasteiger charge is 2.46. The van der Waals surface area contributed by atoms with Crippen molar-refractivity contribution in [1.82, 2.24) is 4.90 Å². The molecule has 2 atom stereocenters. The summed E-state index contributed by atoms with van der Waals surface area (Å²) < 4.78 is 20.2. The van der Waals surface area contributed by atoms with Gasteiger partial charge in [-0.1, -0.05) is 48.0 Å². The van der Waals surface area contributed by atoms with Gasteiger partial charge in [0.1, 0.15) is 11.6 Å². The van der Waals surface area contributed by atoms with E-state index in [9.17, 15) is 9.18 Å². The van der Waals surface area contributed by atoms with Gasteiger partial charge in [0.15, 0.2) is 0 Å². The molecule has 1 aliphatic heterocycles. The van der Waals surface area contributed by atoms with Gasteiger partial charge >= 0.3 is 0 Å². The predicted molar refractivity (Wildman–Crippen MR) is 120 cm³/mol. The summed E-state index contributed by atoms with van der Waals surface area (Å²) in [4.78, 5) is 15.2. The van der Waals surface area contributed by atoms with Gasteiger partial charge in [0.2, 0.25) is 5.91 Å². The number of methoxy groups -OCH3 is 1. The van der Waals surface area contributed by atoms with Gasteiger partial charge in [-0.3, -0.25) is 4.79 Å². The van der Waals surface area contributed by atoms with E-state index in [2.05, 4.69) is 0 Å². The molecule has 0 N–H and O–H groups in total. The van der Waals surface area contributed by atoms with Crippen molar-refractivity contribution < 1.29 is 13.9 Å². The second-order valence-electron chi connectivity index (χ2n) is 8.27. The molecule has 31 heavy (non-hydrogen) atoms. The molecule has 1 aliphatic carbocycles. The summed E-state index contributed by atoms with van der Waals surface area (Å²) in [5.74, 6) is 0.870.